The summed E-state index contributed by atoms with van der Waals surface area (Å²) in [6, 6.07) is 14.0. The van der Waals surface area contributed by atoms with Crippen LogP contribution in [-0.4, -0.2) is 21.3 Å². The third-order valence-corrected chi connectivity index (χ3v) is 5.60. The molecule has 1 aromatic heterocycles. The number of para-hydroxylation sites is 1. The first-order valence-corrected chi connectivity index (χ1v) is 9.03. The van der Waals surface area contributed by atoms with Crippen molar-refractivity contribution < 1.29 is 9.18 Å². The lowest BCUT2D eigenvalue weighted by Gasteiger charge is -2.04. The number of nitrogens with one attached hydrogen (secondary N) is 1. The second-order valence-corrected chi connectivity index (χ2v) is 7.51. The SMILES string of the molecule is O=C1N/C(=N/c2nc3ccccc3s2)SC1Cc1ccc(F)cc1. The van der Waals surface area contributed by atoms with Crippen molar-refractivity contribution in [2.24, 2.45) is 4.99 Å². The number of aromatic nitrogens is 1. The summed E-state index contributed by atoms with van der Waals surface area (Å²) in [5.74, 6) is -0.357. The molecule has 1 fully saturated rings. The van der Waals surface area contributed by atoms with Crippen molar-refractivity contribution >= 4 is 49.5 Å². The van der Waals surface area contributed by atoms with Gasteiger partial charge in [-0.1, -0.05) is 47.4 Å². The van der Waals surface area contributed by atoms with Crippen molar-refractivity contribution in [3.05, 3.63) is 59.9 Å². The number of rotatable bonds is 3. The van der Waals surface area contributed by atoms with Gasteiger partial charge in [-0.25, -0.2) is 9.37 Å². The minimum absolute atomic E-state index is 0.0795. The van der Waals surface area contributed by atoms with Crippen LogP contribution < -0.4 is 5.32 Å². The first-order valence-electron chi connectivity index (χ1n) is 7.33. The van der Waals surface area contributed by atoms with Crippen LogP contribution in [0.1, 0.15) is 5.56 Å². The van der Waals surface area contributed by atoms with Gasteiger partial charge in [-0.05, 0) is 36.2 Å². The number of nitrogens with zero attached hydrogens (tertiary/aromatic N) is 2. The molecule has 1 N–H and O–H groups in total. The molecule has 24 heavy (non-hydrogen) atoms. The molecule has 2 heterocycles. The van der Waals surface area contributed by atoms with Crippen molar-refractivity contribution in [2.75, 3.05) is 0 Å². The van der Waals surface area contributed by atoms with E-state index in [2.05, 4.69) is 15.3 Å². The van der Waals surface area contributed by atoms with E-state index in [-0.39, 0.29) is 17.0 Å². The number of benzene rings is 2. The van der Waals surface area contributed by atoms with Gasteiger partial charge in [0, 0.05) is 0 Å². The molecular formula is C17H12FN3OS2. The third kappa shape index (κ3) is 3.18. The molecule has 4 nitrogen and oxygen atoms in total. The highest BCUT2D eigenvalue weighted by Gasteiger charge is 2.30. The van der Waals surface area contributed by atoms with E-state index >= 15 is 0 Å². The summed E-state index contributed by atoms with van der Waals surface area (Å²) in [7, 11) is 0. The Hall–Kier alpha value is -2.25. The Kier molecular flexibility index (Phi) is 4.03. The summed E-state index contributed by atoms with van der Waals surface area (Å²) >= 11 is 2.87. The van der Waals surface area contributed by atoms with Gasteiger partial charge in [0.15, 0.2) is 5.17 Å². The summed E-state index contributed by atoms with van der Waals surface area (Å²) < 4.78 is 14.0. The van der Waals surface area contributed by atoms with Crippen LogP contribution in [0, 0.1) is 5.82 Å². The van der Waals surface area contributed by atoms with Crippen LogP contribution in [0.3, 0.4) is 0 Å². The van der Waals surface area contributed by atoms with E-state index in [4.69, 9.17) is 0 Å². The van der Waals surface area contributed by atoms with Gasteiger partial charge in [0.05, 0.1) is 15.5 Å². The van der Waals surface area contributed by atoms with E-state index in [1.165, 1.54) is 35.2 Å². The molecular weight excluding hydrogens is 345 g/mol. The zero-order chi connectivity index (χ0) is 16.5. The number of hydrogen-bond acceptors (Lipinski definition) is 5. The highest BCUT2D eigenvalue weighted by Crippen LogP contribution is 2.30. The molecule has 120 valence electrons. The van der Waals surface area contributed by atoms with E-state index in [1.54, 1.807) is 12.1 Å². The van der Waals surface area contributed by atoms with Gasteiger partial charge in [-0.3, -0.25) is 4.79 Å². The number of fused-ring (bicyclic) bond motifs is 1. The number of carbonyl (C=O) groups is 1. The number of amidine groups is 1. The van der Waals surface area contributed by atoms with Crippen LogP contribution in [0.15, 0.2) is 53.5 Å². The summed E-state index contributed by atoms with van der Waals surface area (Å²) in [6.07, 6.45) is 0.537. The van der Waals surface area contributed by atoms with Gasteiger partial charge in [-0.15, -0.1) is 0 Å². The van der Waals surface area contributed by atoms with E-state index in [1.807, 2.05) is 24.3 Å². The molecule has 1 saturated heterocycles. The molecule has 0 aliphatic carbocycles. The maximum Gasteiger partial charge on any atom is 0.239 e. The Morgan fingerprint density at radius 1 is 1.17 bits per heavy atom. The average molecular weight is 357 g/mol. The number of amides is 1. The molecule has 3 aromatic rings. The number of carbonyl (C=O) groups excluding carboxylic acids is 1. The molecule has 4 rings (SSSR count). The van der Waals surface area contributed by atoms with Crippen LogP contribution in [0.4, 0.5) is 9.52 Å². The summed E-state index contributed by atoms with van der Waals surface area (Å²) in [5, 5.41) is 3.72. The predicted octanol–water partition coefficient (Wildman–Crippen LogP) is 3.90. The highest BCUT2D eigenvalue weighted by molar-refractivity contribution is 8.15. The zero-order valence-electron chi connectivity index (χ0n) is 12.4. The second kappa shape index (κ2) is 6.33. The lowest BCUT2D eigenvalue weighted by atomic mass is 10.1. The van der Waals surface area contributed by atoms with Crippen molar-refractivity contribution in [1.29, 1.82) is 0 Å². The van der Waals surface area contributed by atoms with Crippen molar-refractivity contribution in [3.63, 3.8) is 0 Å². The van der Waals surface area contributed by atoms with Gasteiger partial charge in [0.1, 0.15) is 5.82 Å². The standard InChI is InChI=1S/C17H12FN3OS2/c18-11-7-5-10(6-8-11)9-14-15(22)20-17(24-14)21-16-19-12-3-1-2-4-13(12)23-16/h1-8,14H,9H2,(H,19,20,21,22). The molecule has 2 aromatic carbocycles. The highest BCUT2D eigenvalue weighted by atomic mass is 32.2. The minimum atomic E-state index is -0.277. The van der Waals surface area contributed by atoms with E-state index in [9.17, 15) is 9.18 Å². The molecule has 0 radical (unpaired) electrons. The van der Waals surface area contributed by atoms with Crippen LogP contribution in [0.2, 0.25) is 0 Å². The normalized spacial score (nSPS) is 19.1. The summed E-state index contributed by atoms with van der Waals surface area (Å²) in [6.45, 7) is 0. The number of thioether (sulfide) groups is 1. The molecule has 1 amide bonds. The topological polar surface area (TPSA) is 54.4 Å². The van der Waals surface area contributed by atoms with Crippen molar-refractivity contribution in [2.45, 2.75) is 11.7 Å². The molecule has 0 bridgehead atoms. The monoisotopic (exact) mass is 357 g/mol. The largest absolute Gasteiger partial charge is 0.304 e. The number of thiazole rings is 1. The van der Waals surface area contributed by atoms with Crippen molar-refractivity contribution in [1.82, 2.24) is 10.3 Å². The minimum Gasteiger partial charge on any atom is -0.304 e. The Balaban J connectivity index is 1.51. The molecule has 1 unspecified atom stereocenters. The first-order chi connectivity index (χ1) is 11.7. The second-order valence-electron chi connectivity index (χ2n) is 5.31. The molecule has 1 aliphatic rings. The smallest absolute Gasteiger partial charge is 0.239 e. The van der Waals surface area contributed by atoms with Gasteiger partial charge in [0.2, 0.25) is 11.0 Å². The third-order valence-electron chi connectivity index (χ3n) is 3.59. The lowest BCUT2D eigenvalue weighted by molar-refractivity contribution is -0.118. The maximum absolute atomic E-state index is 13.0. The van der Waals surface area contributed by atoms with Gasteiger partial charge >= 0.3 is 0 Å². The van der Waals surface area contributed by atoms with Crippen molar-refractivity contribution in [3.8, 4) is 0 Å². The number of aliphatic imine (C=N–C) groups is 1. The maximum atomic E-state index is 13.0. The molecule has 0 spiro atoms. The van der Waals surface area contributed by atoms with Gasteiger partial charge in [-0.2, -0.15) is 4.99 Å². The molecule has 7 heteroatoms. The van der Waals surface area contributed by atoms with Gasteiger partial charge in [0.25, 0.3) is 0 Å². The van der Waals surface area contributed by atoms with Crippen LogP contribution in [0.25, 0.3) is 10.2 Å². The Labute approximate surface area is 145 Å². The Morgan fingerprint density at radius 3 is 2.75 bits per heavy atom. The van der Waals surface area contributed by atoms with Crippen LogP contribution in [-0.2, 0) is 11.2 Å². The van der Waals surface area contributed by atoms with E-state index in [0.717, 1.165) is 15.8 Å². The Bertz CT molecular complexity index is 903. The lowest BCUT2D eigenvalue weighted by Crippen LogP contribution is -2.25. The number of halogens is 1. The zero-order valence-corrected chi connectivity index (χ0v) is 14.0. The van der Waals surface area contributed by atoms with Crippen LogP contribution >= 0.6 is 23.1 Å². The van der Waals surface area contributed by atoms with Gasteiger partial charge < -0.3 is 5.32 Å². The summed E-state index contributed by atoms with van der Waals surface area (Å²) in [5.41, 5.74) is 1.82. The van der Waals surface area contributed by atoms with E-state index in [0.29, 0.717) is 16.7 Å². The molecule has 0 saturated carbocycles. The average Bonchev–Trinajstić information content (AvgIpc) is 3.12. The number of hydrogen-bond donors (Lipinski definition) is 1. The summed E-state index contributed by atoms with van der Waals surface area (Å²) in [4.78, 5) is 21.0. The predicted molar refractivity (Wildman–Crippen MR) is 96.3 cm³/mol. The fraction of sp³-hybridized carbons (Fsp3) is 0.118. The quantitative estimate of drug-likeness (QED) is 0.773. The Morgan fingerprint density at radius 2 is 1.96 bits per heavy atom. The van der Waals surface area contributed by atoms with Crippen LogP contribution in [0.5, 0.6) is 0 Å². The first kappa shape index (κ1) is 15.3. The molecule has 1 aliphatic heterocycles. The fourth-order valence-corrected chi connectivity index (χ4v) is 4.33. The molecule has 1 atom stereocenters. The van der Waals surface area contributed by atoms with E-state index < -0.39 is 0 Å². The fourth-order valence-electron chi connectivity index (χ4n) is 2.42.